The molecular formula is C20H21N5O4S. The van der Waals surface area contributed by atoms with Gasteiger partial charge in [0.15, 0.2) is 5.11 Å². The molecule has 2 amide bonds. The summed E-state index contributed by atoms with van der Waals surface area (Å²) in [6.45, 7) is 3.03. The third-order valence-electron chi connectivity index (χ3n) is 4.73. The van der Waals surface area contributed by atoms with Gasteiger partial charge in [-0.1, -0.05) is 6.07 Å². The van der Waals surface area contributed by atoms with Crippen LogP contribution < -0.4 is 10.6 Å². The van der Waals surface area contributed by atoms with Gasteiger partial charge in [0.25, 0.3) is 17.5 Å². The second kappa shape index (κ2) is 9.42. The van der Waals surface area contributed by atoms with E-state index in [0.29, 0.717) is 24.3 Å². The second-order valence-electron chi connectivity index (χ2n) is 6.89. The predicted molar refractivity (Wildman–Crippen MR) is 117 cm³/mol. The number of piperazine rings is 1. The van der Waals surface area contributed by atoms with Crippen LogP contribution in [0.2, 0.25) is 0 Å². The number of thiocarbonyl (C=S) groups is 1. The van der Waals surface area contributed by atoms with E-state index in [1.807, 2.05) is 11.9 Å². The van der Waals surface area contributed by atoms with Gasteiger partial charge >= 0.3 is 0 Å². The van der Waals surface area contributed by atoms with E-state index in [9.17, 15) is 19.7 Å². The maximum absolute atomic E-state index is 12.7. The maximum atomic E-state index is 12.7. The number of anilines is 1. The number of nitro benzene ring substituents is 1. The van der Waals surface area contributed by atoms with Crippen molar-refractivity contribution in [2.45, 2.75) is 0 Å². The molecule has 0 spiro atoms. The zero-order valence-electron chi connectivity index (χ0n) is 16.3. The third-order valence-corrected chi connectivity index (χ3v) is 4.93. The first kappa shape index (κ1) is 21.3. The minimum Gasteiger partial charge on any atom is -0.336 e. The first-order valence-electron chi connectivity index (χ1n) is 9.28. The number of nitro groups is 1. The molecule has 3 rings (SSSR count). The lowest BCUT2D eigenvalue weighted by Crippen LogP contribution is -2.47. The summed E-state index contributed by atoms with van der Waals surface area (Å²) in [5.74, 6) is -0.542. The fourth-order valence-electron chi connectivity index (χ4n) is 2.99. The Balaban J connectivity index is 1.60. The van der Waals surface area contributed by atoms with Crippen LogP contribution in [0.3, 0.4) is 0 Å². The maximum Gasteiger partial charge on any atom is 0.269 e. The normalized spacial score (nSPS) is 14.1. The molecule has 30 heavy (non-hydrogen) atoms. The van der Waals surface area contributed by atoms with Crippen LogP contribution in [0.15, 0.2) is 48.5 Å². The number of carbonyl (C=O) groups excluding carboxylic acids is 2. The topological polar surface area (TPSA) is 108 Å². The summed E-state index contributed by atoms with van der Waals surface area (Å²) in [7, 11) is 2.03. The molecule has 156 valence electrons. The molecule has 0 saturated carbocycles. The van der Waals surface area contributed by atoms with Crippen molar-refractivity contribution in [3.63, 3.8) is 0 Å². The molecule has 9 nitrogen and oxygen atoms in total. The van der Waals surface area contributed by atoms with Gasteiger partial charge in [0, 0.05) is 55.1 Å². The Kier molecular flexibility index (Phi) is 6.70. The number of benzene rings is 2. The van der Waals surface area contributed by atoms with Crippen molar-refractivity contribution in [1.29, 1.82) is 0 Å². The number of nitrogens with zero attached hydrogens (tertiary/aromatic N) is 3. The Morgan fingerprint density at radius 2 is 1.70 bits per heavy atom. The van der Waals surface area contributed by atoms with E-state index in [1.165, 1.54) is 24.3 Å². The van der Waals surface area contributed by atoms with E-state index < -0.39 is 10.8 Å². The van der Waals surface area contributed by atoms with Gasteiger partial charge < -0.3 is 15.1 Å². The van der Waals surface area contributed by atoms with E-state index in [2.05, 4.69) is 15.5 Å². The quantitative estimate of drug-likeness (QED) is 0.437. The van der Waals surface area contributed by atoms with Crippen LogP contribution in [0.25, 0.3) is 0 Å². The SMILES string of the molecule is CN1CCN(C(=O)c2cccc(NC(=S)NC(=O)c3ccc([N+](=O)[O-])cc3)c2)CC1. The van der Waals surface area contributed by atoms with Crippen molar-refractivity contribution in [3.05, 3.63) is 69.8 Å². The van der Waals surface area contributed by atoms with Crippen molar-refractivity contribution in [3.8, 4) is 0 Å². The molecule has 0 unspecified atom stereocenters. The lowest BCUT2D eigenvalue weighted by molar-refractivity contribution is -0.384. The predicted octanol–water partition coefficient (Wildman–Crippen LogP) is 2.11. The van der Waals surface area contributed by atoms with Crippen LogP contribution >= 0.6 is 12.2 Å². The first-order chi connectivity index (χ1) is 14.3. The number of carbonyl (C=O) groups is 2. The van der Waals surface area contributed by atoms with Crippen molar-refractivity contribution in [1.82, 2.24) is 15.1 Å². The van der Waals surface area contributed by atoms with Gasteiger partial charge in [0.2, 0.25) is 0 Å². The van der Waals surface area contributed by atoms with Crippen molar-refractivity contribution >= 4 is 40.5 Å². The first-order valence-corrected chi connectivity index (χ1v) is 9.69. The molecule has 0 aliphatic carbocycles. The molecule has 1 fully saturated rings. The molecular weight excluding hydrogens is 406 g/mol. The number of nitrogens with one attached hydrogen (secondary N) is 2. The monoisotopic (exact) mass is 427 g/mol. The van der Waals surface area contributed by atoms with Gasteiger partial charge in [-0.2, -0.15) is 0 Å². The highest BCUT2D eigenvalue weighted by Crippen LogP contribution is 2.15. The molecule has 0 bridgehead atoms. The summed E-state index contributed by atoms with van der Waals surface area (Å²) in [5.41, 5.74) is 1.25. The Hall–Kier alpha value is -3.37. The highest BCUT2D eigenvalue weighted by atomic mass is 32.1. The summed E-state index contributed by atoms with van der Waals surface area (Å²) in [6, 6.07) is 12.1. The number of rotatable bonds is 4. The number of amides is 2. The number of likely N-dealkylation sites (N-methyl/N-ethyl adjacent to an activating group) is 1. The molecule has 2 N–H and O–H groups in total. The molecule has 1 aliphatic heterocycles. The Morgan fingerprint density at radius 3 is 2.33 bits per heavy atom. The Bertz CT molecular complexity index is 971. The zero-order valence-corrected chi connectivity index (χ0v) is 17.1. The number of hydrogen-bond acceptors (Lipinski definition) is 6. The van der Waals surface area contributed by atoms with Crippen LogP contribution in [0.1, 0.15) is 20.7 Å². The van der Waals surface area contributed by atoms with Crippen LogP contribution in [0, 0.1) is 10.1 Å². The van der Waals surface area contributed by atoms with Crippen LogP contribution in [0.4, 0.5) is 11.4 Å². The lowest BCUT2D eigenvalue weighted by atomic mass is 10.1. The van der Waals surface area contributed by atoms with Gasteiger partial charge in [0.05, 0.1) is 4.92 Å². The fourth-order valence-corrected chi connectivity index (χ4v) is 3.20. The van der Waals surface area contributed by atoms with Crippen molar-refractivity contribution in [2.24, 2.45) is 0 Å². The standard InChI is InChI=1S/C20H21N5O4S/c1-23-9-11-24(12-10-23)19(27)15-3-2-4-16(13-15)21-20(30)22-18(26)14-5-7-17(8-6-14)25(28)29/h2-8,13H,9-12H2,1H3,(H2,21,22,26,30). The van der Waals surface area contributed by atoms with E-state index in [0.717, 1.165) is 13.1 Å². The molecule has 0 aromatic heterocycles. The average Bonchev–Trinajstić information content (AvgIpc) is 2.74. The molecule has 1 saturated heterocycles. The number of non-ortho nitro benzene ring substituents is 1. The van der Waals surface area contributed by atoms with Gasteiger partial charge in [-0.3, -0.25) is 25.0 Å². The lowest BCUT2D eigenvalue weighted by Gasteiger charge is -2.32. The van der Waals surface area contributed by atoms with E-state index >= 15 is 0 Å². The highest BCUT2D eigenvalue weighted by molar-refractivity contribution is 7.80. The molecule has 0 radical (unpaired) electrons. The van der Waals surface area contributed by atoms with Crippen LogP contribution in [0.5, 0.6) is 0 Å². The molecule has 0 atom stereocenters. The summed E-state index contributed by atoms with van der Waals surface area (Å²) >= 11 is 5.17. The summed E-state index contributed by atoms with van der Waals surface area (Å²) < 4.78 is 0. The molecule has 1 aliphatic rings. The van der Waals surface area contributed by atoms with Gasteiger partial charge in [-0.15, -0.1) is 0 Å². The summed E-state index contributed by atoms with van der Waals surface area (Å²) in [4.78, 5) is 39.1. The van der Waals surface area contributed by atoms with E-state index in [-0.39, 0.29) is 22.3 Å². The summed E-state index contributed by atoms with van der Waals surface area (Å²) in [5, 5.41) is 16.2. The fraction of sp³-hybridized carbons (Fsp3) is 0.250. The average molecular weight is 427 g/mol. The molecule has 1 heterocycles. The Labute approximate surface area is 178 Å². The highest BCUT2D eigenvalue weighted by Gasteiger charge is 2.20. The zero-order chi connectivity index (χ0) is 21.7. The smallest absolute Gasteiger partial charge is 0.269 e. The molecule has 2 aromatic rings. The van der Waals surface area contributed by atoms with Gasteiger partial charge in [0.1, 0.15) is 0 Å². The van der Waals surface area contributed by atoms with Gasteiger partial charge in [-0.25, -0.2) is 0 Å². The van der Waals surface area contributed by atoms with Crippen LogP contribution in [-0.4, -0.2) is 64.9 Å². The van der Waals surface area contributed by atoms with Crippen molar-refractivity contribution < 1.29 is 14.5 Å². The second-order valence-corrected chi connectivity index (χ2v) is 7.30. The van der Waals surface area contributed by atoms with Crippen molar-refractivity contribution in [2.75, 3.05) is 38.5 Å². The van der Waals surface area contributed by atoms with E-state index in [4.69, 9.17) is 12.2 Å². The van der Waals surface area contributed by atoms with Crippen LogP contribution in [-0.2, 0) is 0 Å². The minimum absolute atomic E-state index is 0.0485. The summed E-state index contributed by atoms with van der Waals surface area (Å²) in [6.07, 6.45) is 0. The third kappa shape index (κ3) is 5.37. The largest absolute Gasteiger partial charge is 0.336 e. The number of hydrogen-bond donors (Lipinski definition) is 2. The molecule has 2 aromatic carbocycles. The molecule has 10 heteroatoms. The van der Waals surface area contributed by atoms with E-state index in [1.54, 1.807) is 24.3 Å². The minimum atomic E-state index is -0.537. The van der Waals surface area contributed by atoms with Gasteiger partial charge in [-0.05, 0) is 49.6 Å². The Morgan fingerprint density at radius 1 is 1.03 bits per heavy atom.